The van der Waals surface area contributed by atoms with E-state index in [0.29, 0.717) is 6.54 Å². The molecule has 0 saturated carbocycles. The van der Waals surface area contributed by atoms with Crippen molar-refractivity contribution in [3.05, 3.63) is 29.8 Å². The number of rotatable bonds is 8. The fourth-order valence-electron chi connectivity index (χ4n) is 2.17. The molecule has 130 valence electrons. The van der Waals surface area contributed by atoms with Crippen LogP contribution < -0.4 is 10.2 Å². The van der Waals surface area contributed by atoms with Gasteiger partial charge in [-0.25, -0.2) is 4.79 Å². The molecule has 1 aromatic rings. The van der Waals surface area contributed by atoms with E-state index in [1.165, 1.54) is 11.3 Å². The van der Waals surface area contributed by atoms with Crippen molar-refractivity contribution < 1.29 is 14.3 Å². The van der Waals surface area contributed by atoms with E-state index >= 15 is 0 Å². The molecule has 0 aliphatic carbocycles. The van der Waals surface area contributed by atoms with Crippen molar-refractivity contribution >= 4 is 11.8 Å². The minimum atomic E-state index is -0.461. The highest BCUT2D eigenvalue weighted by Crippen LogP contribution is 2.15. The fourth-order valence-corrected chi connectivity index (χ4v) is 2.17. The lowest BCUT2D eigenvalue weighted by atomic mass is 10.1. The molecule has 0 bridgehead atoms. The second kappa shape index (κ2) is 9.40. The average molecular weight is 322 g/mol. The van der Waals surface area contributed by atoms with Crippen LogP contribution in [0.5, 0.6) is 0 Å². The van der Waals surface area contributed by atoms with Gasteiger partial charge in [0.2, 0.25) is 0 Å². The smallest absolute Gasteiger partial charge is 0.407 e. The van der Waals surface area contributed by atoms with Gasteiger partial charge < -0.3 is 19.7 Å². The standard InChI is InChI=1S/C18H30N2O3/c1-6-20(13-14-22-5)16-9-7-15(8-10-16)11-12-19-17(21)23-18(2,3)4/h7-10H,6,11-14H2,1-5H3,(H,19,21). The summed E-state index contributed by atoms with van der Waals surface area (Å²) in [6.45, 7) is 10.8. The zero-order valence-corrected chi connectivity index (χ0v) is 15.0. The highest BCUT2D eigenvalue weighted by atomic mass is 16.6. The van der Waals surface area contributed by atoms with Gasteiger partial charge in [-0.05, 0) is 51.8 Å². The molecule has 1 aromatic carbocycles. The number of ether oxygens (including phenoxy) is 2. The lowest BCUT2D eigenvalue weighted by Crippen LogP contribution is -2.33. The Bertz CT molecular complexity index is 466. The van der Waals surface area contributed by atoms with E-state index in [4.69, 9.17) is 9.47 Å². The molecule has 5 heteroatoms. The number of amides is 1. The molecule has 0 radical (unpaired) electrons. The van der Waals surface area contributed by atoms with E-state index < -0.39 is 5.60 Å². The van der Waals surface area contributed by atoms with Gasteiger partial charge >= 0.3 is 6.09 Å². The molecular weight excluding hydrogens is 292 g/mol. The Morgan fingerprint density at radius 2 is 1.87 bits per heavy atom. The summed E-state index contributed by atoms with van der Waals surface area (Å²) < 4.78 is 10.3. The number of carbonyl (C=O) groups excluding carboxylic acids is 1. The van der Waals surface area contributed by atoms with Crippen LogP contribution in [0.2, 0.25) is 0 Å². The molecule has 0 aliphatic rings. The van der Waals surface area contributed by atoms with Crippen molar-refractivity contribution in [3.8, 4) is 0 Å². The van der Waals surface area contributed by atoms with Crippen molar-refractivity contribution in [1.29, 1.82) is 0 Å². The molecule has 5 nitrogen and oxygen atoms in total. The van der Waals surface area contributed by atoms with Crippen molar-refractivity contribution in [1.82, 2.24) is 5.32 Å². The molecule has 0 aliphatic heterocycles. The van der Waals surface area contributed by atoms with Crippen LogP contribution in [0.1, 0.15) is 33.3 Å². The van der Waals surface area contributed by atoms with Gasteiger partial charge in [-0.2, -0.15) is 0 Å². The number of methoxy groups -OCH3 is 1. The molecule has 0 spiro atoms. The first kappa shape index (κ1) is 19.3. The van der Waals surface area contributed by atoms with Gasteiger partial charge in [0.15, 0.2) is 0 Å². The fraction of sp³-hybridized carbons (Fsp3) is 0.611. The summed E-state index contributed by atoms with van der Waals surface area (Å²) >= 11 is 0. The molecule has 0 heterocycles. The van der Waals surface area contributed by atoms with Crippen LogP contribution in [0.25, 0.3) is 0 Å². The Balaban J connectivity index is 2.43. The van der Waals surface area contributed by atoms with Crippen molar-refractivity contribution in [2.75, 3.05) is 38.3 Å². The summed E-state index contributed by atoms with van der Waals surface area (Å²) in [4.78, 5) is 13.8. The Hall–Kier alpha value is -1.75. The number of nitrogens with one attached hydrogen (secondary N) is 1. The third-order valence-electron chi connectivity index (χ3n) is 3.33. The van der Waals surface area contributed by atoms with Gasteiger partial charge in [0, 0.05) is 32.4 Å². The number of alkyl carbamates (subject to hydrolysis) is 1. The van der Waals surface area contributed by atoms with Crippen LogP contribution in [-0.2, 0) is 15.9 Å². The lowest BCUT2D eigenvalue weighted by Gasteiger charge is -2.23. The van der Waals surface area contributed by atoms with Gasteiger partial charge in [-0.3, -0.25) is 0 Å². The first-order valence-electron chi connectivity index (χ1n) is 8.15. The van der Waals surface area contributed by atoms with E-state index in [-0.39, 0.29) is 6.09 Å². The quantitative estimate of drug-likeness (QED) is 0.798. The van der Waals surface area contributed by atoms with E-state index in [2.05, 4.69) is 41.4 Å². The second-order valence-corrected chi connectivity index (χ2v) is 6.42. The van der Waals surface area contributed by atoms with Crippen LogP contribution in [0.3, 0.4) is 0 Å². The maximum Gasteiger partial charge on any atom is 0.407 e. The Morgan fingerprint density at radius 1 is 1.22 bits per heavy atom. The van der Waals surface area contributed by atoms with Crippen LogP contribution in [0.4, 0.5) is 10.5 Å². The van der Waals surface area contributed by atoms with E-state index in [1.807, 2.05) is 20.8 Å². The SMILES string of the molecule is CCN(CCOC)c1ccc(CCNC(=O)OC(C)(C)C)cc1. The third kappa shape index (κ3) is 7.88. The summed E-state index contributed by atoms with van der Waals surface area (Å²) in [5, 5.41) is 2.78. The minimum Gasteiger partial charge on any atom is -0.444 e. The molecule has 23 heavy (non-hydrogen) atoms. The first-order chi connectivity index (χ1) is 10.9. The van der Waals surface area contributed by atoms with E-state index in [1.54, 1.807) is 7.11 Å². The molecule has 0 fully saturated rings. The van der Waals surface area contributed by atoms with Crippen LogP contribution in [0.15, 0.2) is 24.3 Å². The van der Waals surface area contributed by atoms with Gasteiger partial charge in [0.05, 0.1) is 6.61 Å². The topological polar surface area (TPSA) is 50.8 Å². The number of benzene rings is 1. The maximum atomic E-state index is 11.6. The average Bonchev–Trinajstić information content (AvgIpc) is 2.47. The van der Waals surface area contributed by atoms with Crippen LogP contribution in [-0.4, -0.2) is 45.0 Å². The zero-order chi connectivity index (χ0) is 17.3. The van der Waals surface area contributed by atoms with Crippen molar-refractivity contribution in [2.24, 2.45) is 0 Å². The number of hydrogen-bond donors (Lipinski definition) is 1. The lowest BCUT2D eigenvalue weighted by molar-refractivity contribution is 0.0528. The van der Waals surface area contributed by atoms with Gasteiger partial charge in [-0.15, -0.1) is 0 Å². The first-order valence-corrected chi connectivity index (χ1v) is 8.15. The van der Waals surface area contributed by atoms with Crippen LogP contribution >= 0.6 is 0 Å². The van der Waals surface area contributed by atoms with Crippen molar-refractivity contribution in [3.63, 3.8) is 0 Å². The second-order valence-electron chi connectivity index (χ2n) is 6.42. The van der Waals surface area contributed by atoms with Gasteiger partial charge in [0.25, 0.3) is 0 Å². The molecule has 0 saturated heterocycles. The summed E-state index contributed by atoms with van der Waals surface area (Å²) in [6, 6.07) is 8.42. The van der Waals surface area contributed by atoms with Gasteiger partial charge in [-0.1, -0.05) is 12.1 Å². The number of anilines is 1. The normalized spacial score (nSPS) is 11.2. The minimum absolute atomic E-state index is 0.370. The summed E-state index contributed by atoms with van der Waals surface area (Å²) in [5.74, 6) is 0. The summed E-state index contributed by atoms with van der Waals surface area (Å²) in [5.41, 5.74) is 1.92. The Morgan fingerprint density at radius 3 is 2.39 bits per heavy atom. The summed E-state index contributed by atoms with van der Waals surface area (Å²) in [7, 11) is 1.72. The number of nitrogens with zero attached hydrogens (tertiary/aromatic N) is 1. The Kier molecular flexibility index (Phi) is 7.89. The van der Waals surface area contributed by atoms with Crippen LogP contribution in [0, 0.1) is 0 Å². The monoisotopic (exact) mass is 322 g/mol. The van der Waals surface area contributed by atoms with Crippen molar-refractivity contribution in [2.45, 2.75) is 39.7 Å². The highest BCUT2D eigenvalue weighted by molar-refractivity contribution is 5.67. The predicted octanol–water partition coefficient (Wildman–Crippen LogP) is 3.23. The Labute approximate surface area is 140 Å². The predicted molar refractivity (Wildman–Crippen MR) is 94.1 cm³/mol. The van der Waals surface area contributed by atoms with E-state index in [9.17, 15) is 4.79 Å². The molecule has 1 amide bonds. The number of carbonyl (C=O) groups is 1. The molecule has 1 N–H and O–H groups in total. The van der Waals surface area contributed by atoms with Gasteiger partial charge in [0.1, 0.15) is 5.60 Å². The highest BCUT2D eigenvalue weighted by Gasteiger charge is 2.15. The third-order valence-corrected chi connectivity index (χ3v) is 3.33. The molecule has 1 rings (SSSR count). The number of likely N-dealkylation sites (N-methyl/N-ethyl adjacent to an activating group) is 1. The molecule has 0 atom stereocenters. The number of hydrogen-bond acceptors (Lipinski definition) is 4. The van der Waals surface area contributed by atoms with E-state index in [0.717, 1.165) is 26.1 Å². The molecule has 0 aromatic heterocycles. The summed E-state index contributed by atoms with van der Waals surface area (Å²) in [6.07, 6.45) is 0.412. The zero-order valence-electron chi connectivity index (χ0n) is 15.0. The molecular formula is C18H30N2O3. The largest absolute Gasteiger partial charge is 0.444 e. The maximum absolute atomic E-state index is 11.6. The molecule has 0 unspecified atom stereocenters.